The molecule has 1 heterocycles. The zero-order valence-electron chi connectivity index (χ0n) is 10.8. The van der Waals surface area contributed by atoms with E-state index in [0.717, 1.165) is 31.2 Å². The summed E-state index contributed by atoms with van der Waals surface area (Å²) in [5.74, 6) is -0.176. The number of carbonyl (C=O) groups is 2. The van der Waals surface area contributed by atoms with Crippen molar-refractivity contribution in [2.24, 2.45) is 0 Å². The fourth-order valence-corrected chi connectivity index (χ4v) is 3.57. The average Bonchev–Trinajstić information content (AvgIpc) is 2.95. The van der Waals surface area contributed by atoms with Crippen LogP contribution in [0, 0.1) is 0 Å². The molecule has 0 aromatic heterocycles. The third-order valence-electron chi connectivity index (χ3n) is 4.18. The van der Waals surface area contributed by atoms with Crippen molar-refractivity contribution in [1.29, 1.82) is 0 Å². The van der Waals surface area contributed by atoms with E-state index in [0.29, 0.717) is 16.6 Å². The molecule has 3 amide bonds. The molecule has 1 N–H and O–H groups in total. The van der Waals surface area contributed by atoms with Crippen LogP contribution in [0.5, 0.6) is 0 Å². The molecule has 0 atom stereocenters. The number of urea groups is 1. The predicted molar refractivity (Wildman–Crippen MR) is 76.7 cm³/mol. The van der Waals surface area contributed by atoms with Crippen LogP contribution in [0.3, 0.4) is 0 Å². The molecule has 0 unspecified atom stereocenters. The Hall–Kier alpha value is -1.26. The molecule has 3 rings (SSSR count). The van der Waals surface area contributed by atoms with Gasteiger partial charge in [-0.2, -0.15) is 0 Å². The maximum atomic E-state index is 12.1. The van der Waals surface area contributed by atoms with E-state index in [1.54, 1.807) is 23.1 Å². The number of imide groups is 1. The van der Waals surface area contributed by atoms with Crippen molar-refractivity contribution in [1.82, 2.24) is 10.2 Å². The molecule has 4 nitrogen and oxygen atoms in total. The first-order valence-corrected chi connectivity index (χ1v) is 7.35. The van der Waals surface area contributed by atoms with Crippen LogP contribution < -0.4 is 5.32 Å². The third-order valence-corrected chi connectivity index (χ3v) is 4.77. The van der Waals surface area contributed by atoms with Crippen molar-refractivity contribution in [2.75, 3.05) is 0 Å². The summed E-state index contributed by atoms with van der Waals surface area (Å²) in [7, 11) is 0. The van der Waals surface area contributed by atoms with Gasteiger partial charge in [-0.15, -0.1) is 0 Å². The lowest BCUT2D eigenvalue weighted by Gasteiger charge is -2.31. The molecule has 1 aromatic carbocycles. The van der Waals surface area contributed by atoms with Gasteiger partial charge in [-0.3, -0.25) is 10.1 Å². The number of halogens is 2. The molecule has 1 aliphatic heterocycles. The van der Waals surface area contributed by atoms with E-state index < -0.39 is 5.54 Å². The average molecular weight is 313 g/mol. The largest absolute Gasteiger partial charge is 0.325 e. The topological polar surface area (TPSA) is 49.4 Å². The van der Waals surface area contributed by atoms with E-state index in [1.807, 2.05) is 0 Å². The number of amides is 3. The normalized spacial score (nSPS) is 20.8. The SMILES string of the molecule is O=C1NC(=O)C2(CCCC2)N1Cc1ccc(Cl)cc1Cl. The van der Waals surface area contributed by atoms with Crippen LogP contribution in [0.4, 0.5) is 4.79 Å². The molecular formula is C14H14Cl2N2O2. The van der Waals surface area contributed by atoms with Crippen LogP contribution in [-0.4, -0.2) is 22.4 Å². The summed E-state index contributed by atoms with van der Waals surface area (Å²) >= 11 is 12.0. The number of rotatable bonds is 2. The zero-order valence-corrected chi connectivity index (χ0v) is 12.3. The Morgan fingerprint density at radius 3 is 2.55 bits per heavy atom. The zero-order chi connectivity index (χ0) is 14.3. The Bertz CT molecular complexity index is 583. The van der Waals surface area contributed by atoms with Crippen LogP contribution in [0.1, 0.15) is 31.2 Å². The van der Waals surface area contributed by atoms with Crippen molar-refractivity contribution in [3.05, 3.63) is 33.8 Å². The molecule has 20 heavy (non-hydrogen) atoms. The van der Waals surface area contributed by atoms with E-state index in [9.17, 15) is 9.59 Å². The second kappa shape index (κ2) is 4.93. The Labute approximate surface area is 127 Å². The first kappa shape index (κ1) is 13.7. The maximum Gasteiger partial charge on any atom is 0.325 e. The van der Waals surface area contributed by atoms with Gasteiger partial charge in [-0.1, -0.05) is 42.1 Å². The van der Waals surface area contributed by atoms with Crippen molar-refractivity contribution >= 4 is 35.1 Å². The highest BCUT2D eigenvalue weighted by Crippen LogP contribution is 2.40. The van der Waals surface area contributed by atoms with Gasteiger partial charge in [0.05, 0.1) is 0 Å². The third kappa shape index (κ3) is 2.07. The fraction of sp³-hybridized carbons (Fsp3) is 0.429. The molecule has 2 aliphatic rings. The molecule has 1 aromatic rings. The molecule has 1 saturated carbocycles. The van der Waals surface area contributed by atoms with Crippen LogP contribution in [0.2, 0.25) is 10.0 Å². The van der Waals surface area contributed by atoms with Gasteiger partial charge in [0.1, 0.15) is 5.54 Å². The minimum atomic E-state index is -0.681. The Kier molecular flexibility index (Phi) is 3.38. The molecule has 1 saturated heterocycles. The van der Waals surface area contributed by atoms with E-state index in [2.05, 4.69) is 5.32 Å². The standard InChI is InChI=1S/C14H14Cl2N2O2/c15-10-4-3-9(11(16)7-10)8-18-13(20)17-12(19)14(18)5-1-2-6-14/h3-4,7H,1-2,5-6,8H2,(H,17,19,20). The minimum absolute atomic E-state index is 0.176. The second-order valence-electron chi connectivity index (χ2n) is 5.32. The fourth-order valence-electron chi connectivity index (χ4n) is 3.10. The maximum absolute atomic E-state index is 12.1. The molecular weight excluding hydrogens is 299 g/mol. The Balaban J connectivity index is 1.92. The minimum Gasteiger partial charge on any atom is -0.305 e. The number of benzene rings is 1. The number of hydrogen-bond acceptors (Lipinski definition) is 2. The first-order valence-electron chi connectivity index (χ1n) is 6.60. The van der Waals surface area contributed by atoms with E-state index in [4.69, 9.17) is 23.2 Å². The van der Waals surface area contributed by atoms with Crippen LogP contribution in [-0.2, 0) is 11.3 Å². The highest BCUT2D eigenvalue weighted by Gasteiger charge is 2.53. The summed E-state index contributed by atoms with van der Waals surface area (Å²) < 4.78 is 0. The van der Waals surface area contributed by atoms with Crippen LogP contribution >= 0.6 is 23.2 Å². The lowest BCUT2D eigenvalue weighted by atomic mass is 9.95. The van der Waals surface area contributed by atoms with Gasteiger partial charge in [-0.25, -0.2) is 4.79 Å². The number of hydrogen-bond donors (Lipinski definition) is 1. The molecule has 0 radical (unpaired) electrons. The molecule has 6 heteroatoms. The molecule has 1 spiro atoms. The van der Waals surface area contributed by atoms with Gasteiger partial charge in [0.15, 0.2) is 0 Å². The monoisotopic (exact) mass is 312 g/mol. The van der Waals surface area contributed by atoms with E-state index >= 15 is 0 Å². The molecule has 0 bridgehead atoms. The summed E-state index contributed by atoms with van der Waals surface area (Å²) in [6, 6.07) is 4.85. The summed E-state index contributed by atoms with van der Waals surface area (Å²) in [4.78, 5) is 25.8. The quantitative estimate of drug-likeness (QED) is 0.851. The molecule has 2 fully saturated rings. The lowest BCUT2D eigenvalue weighted by Crippen LogP contribution is -2.46. The van der Waals surface area contributed by atoms with Gasteiger partial charge in [0.25, 0.3) is 5.91 Å². The van der Waals surface area contributed by atoms with Gasteiger partial charge < -0.3 is 4.90 Å². The summed E-state index contributed by atoms with van der Waals surface area (Å²) in [6.45, 7) is 0.327. The van der Waals surface area contributed by atoms with Gasteiger partial charge in [0, 0.05) is 16.6 Å². The van der Waals surface area contributed by atoms with Crippen LogP contribution in [0.15, 0.2) is 18.2 Å². The summed E-state index contributed by atoms with van der Waals surface area (Å²) in [5, 5.41) is 3.49. The Morgan fingerprint density at radius 2 is 1.90 bits per heavy atom. The number of nitrogens with one attached hydrogen (secondary N) is 1. The van der Waals surface area contributed by atoms with Gasteiger partial charge in [0.2, 0.25) is 0 Å². The first-order chi connectivity index (χ1) is 9.53. The van der Waals surface area contributed by atoms with Crippen molar-refractivity contribution in [2.45, 2.75) is 37.8 Å². The van der Waals surface area contributed by atoms with Crippen molar-refractivity contribution in [3.8, 4) is 0 Å². The lowest BCUT2D eigenvalue weighted by molar-refractivity contribution is -0.126. The van der Waals surface area contributed by atoms with Crippen molar-refractivity contribution in [3.63, 3.8) is 0 Å². The number of nitrogens with zero attached hydrogens (tertiary/aromatic N) is 1. The molecule has 1 aliphatic carbocycles. The van der Waals surface area contributed by atoms with E-state index in [1.165, 1.54) is 0 Å². The van der Waals surface area contributed by atoms with E-state index in [-0.39, 0.29) is 11.9 Å². The number of carbonyl (C=O) groups excluding carboxylic acids is 2. The predicted octanol–water partition coefficient (Wildman–Crippen LogP) is 3.36. The van der Waals surface area contributed by atoms with Gasteiger partial charge >= 0.3 is 6.03 Å². The second-order valence-corrected chi connectivity index (χ2v) is 6.16. The summed E-state index contributed by atoms with van der Waals surface area (Å²) in [6.07, 6.45) is 3.36. The van der Waals surface area contributed by atoms with Crippen LogP contribution in [0.25, 0.3) is 0 Å². The Morgan fingerprint density at radius 1 is 1.20 bits per heavy atom. The highest BCUT2D eigenvalue weighted by molar-refractivity contribution is 6.35. The van der Waals surface area contributed by atoms with Gasteiger partial charge in [-0.05, 0) is 30.5 Å². The molecule has 106 valence electrons. The summed E-state index contributed by atoms with van der Waals surface area (Å²) in [5.41, 5.74) is 0.118. The van der Waals surface area contributed by atoms with Crippen molar-refractivity contribution < 1.29 is 9.59 Å². The highest BCUT2D eigenvalue weighted by atomic mass is 35.5. The smallest absolute Gasteiger partial charge is 0.305 e.